The molecular formula is C23H32N4O2S. The van der Waals surface area contributed by atoms with Gasteiger partial charge in [0, 0.05) is 29.8 Å². The standard InChI is InChI=1S/C23H32N4O2S/c1-22-10-8-15-13(4-7-18-23(15,2)11-9-19(28)27(18)3)14(22)5-6-16(22)17-12-30-21(25-17)26-20(24)29/h9,11-16,18H,4-8,10H2,1-3H3,(H3,24,25,26,29)/t13-,14-,15-,16+,18+,22-,23+/m0/s1. The first-order valence-electron chi connectivity index (χ1n) is 11.2. The van der Waals surface area contributed by atoms with Gasteiger partial charge in [-0.2, -0.15) is 0 Å². The maximum Gasteiger partial charge on any atom is 0.318 e. The summed E-state index contributed by atoms with van der Waals surface area (Å²) in [5, 5.41) is 5.34. The van der Waals surface area contributed by atoms with Crippen LogP contribution < -0.4 is 11.1 Å². The second-order valence-electron chi connectivity index (χ2n) is 10.4. The van der Waals surface area contributed by atoms with Gasteiger partial charge in [-0.3, -0.25) is 10.1 Å². The lowest BCUT2D eigenvalue weighted by Crippen LogP contribution is -2.59. The number of anilines is 1. The molecule has 0 aromatic carbocycles. The molecule has 2 heterocycles. The summed E-state index contributed by atoms with van der Waals surface area (Å²) >= 11 is 1.47. The van der Waals surface area contributed by atoms with Crippen molar-refractivity contribution in [2.24, 2.45) is 34.3 Å². The number of hydrogen-bond donors (Lipinski definition) is 2. The number of thiazole rings is 1. The van der Waals surface area contributed by atoms with Gasteiger partial charge >= 0.3 is 6.03 Å². The van der Waals surface area contributed by atoms with E-state index in [1.165, 1.54) is 43.4 Å². The number of urea groups is 1. The average molecular weight is 429 g/mol. The minimum Gasteiger partial charge on any atom is -0.351 e. The summed E-state index contributed by atoms with van der Waals surface area (Å²) < 4.78 is 0. The van der Waals surface area contributed by atoms with Gasteiger partial charge in [0.15, 0.2) is 5.13 Å². The number of hydrogen-bond acceptors (Lipinski definition) is 4. The van der Waals surface area contributed by atoms with Crippen LogP contribution in [0.3, 0.4) is 0 Å². The van der Waals surface area contributed by atoms with Crippen molar-refractivity contribution in [2.45, 2.75) is 64.3 Å². The summed E-state index contributed by atoms with van der Waals surface area (Å²) in [6.07, 6.45) is 11.2. The number of primary amides is 1. The van der Waals surface area contributed by atoms with E-state index < -0.39 is 6.03 Å². The number of fused-ring (bicyclic) bond motifs is 5. The number of nitrogens with zero attached hydrogens (tertiary/aromatic N) is 2. The van der Waals surface area contributed by atoms with Crippen LogP contribution in [0.1, 0.15) is 64.0 Å². The fourth-order valence-electron chi connectivity index (χ4n) is 7.83. The van der Waals surface area contributed by atoms with Crippen LogP contribution in [0.5, 0.6) is 0 Å². The third-order valence-corrected chi connectivity index (χ3v) is 10.0. The number of nitrogens with one attached hydrogen (secondary N) is 1. The molecule has 4 aliphatic rings. The van der Waals surface area contributed by atoms with Gasteiger partial charge in [0.25, 0.3) is 0 Å². The van der Waals surface area contributed by atoms with Crippen LogP contribution in [-0.2, 0) is 4.79 Å². The molecule has 3 N–H and O–H groups in total. The Kier molecular flexibility index (Phi) is 4.55. The summed E-state index contributed by atoms with van der Waals surface area (Å²) in [7, 11) is 1.98. The Balaban J connectivity index is 1.42. The third kappa shape index (κ3) is 2.77. The SMILES string of the molecule is CN1C(=O)C=C[C@]2(C)[C@H]3CC[C@]4(C)[C@@H](c5csc(NC(N)=O)n5)CC[C@H]4[C@@H]3CC[C@@H]12. The molecule has 0 radical (unpaired) electrons. The zero-order valence-electron chi connectivity index (χ0n) is 18.1. The fourth-order valence-corrected chi connectivity index (χ4v) is 8.60. The predicted octanol–water partition coefficient (Wildman–Crippen LogP) is 4.36. The van der Waals surface area contributed by atoms with Crippen LogP contribution >= 0.6 is 11.3 Å². The highest BCUT2D eigenvalue weighted by Crippen LogP contribution is 2.67. The predicted molar refractivity (Wildman–Crippen MR) is 118 cm³/mol. The second kappa shape index (κ2) is 6.81. The van der Waals surface area contributed by atoms with E-state index in [0.29, 0.717) is 34.8 Å². The zero-order chi connectivity index (χ0) is 21.3. The lowest BCUT2D eigenvalue weighted by Gasteiger charge is -2.60. The number of carbonyl (C=O) groups excluding carboxylic acids is 2. The Bertz CT molecular complexity index is 913. The molecule has 3 aliphatic carbocycles. The van der Waals surface area contributed by atoms with E-state index in [2.05, 4.69) is 30.6 Å². The van der Waals surface area contributed by atoms with E-state index in [4.69, 9.17) is 10.7 Å². The highest BCUT2D eigenvalue weighted by atomic mass is 32.1. The van der Waals surface area contributed by atoms with Gasteiger partial charge in [-0.1, -0.05) is 19.9 Å². The number of amides is 3. The summed E-state index contributed by atoms with van der Waals surface area (Å²) in [4.78, 5) is 30.1. The smallest absolute Gasteiger partial charge is 0.318 e. The van der Waals surface area contributed by atoms with Crippen molar-refractivity contribution >= 4 is 28.4 Å². The Morgan fingerprint density at radius 1 is 1.23 bits per heavy atom. The van der Waals surface area contributed by atoms with E-state index in [1.807, 2.05) is 18.0 Å². The molecule has 7 heteroatoms. The summed E-state index contributed by atoms with van der Waals surface area (Å²) in [5.74, 6) is 2.65. The minimum atomic E-state index is -0.555. The van der Waals surface area contributed by atoms with E-state index in [0.717, 1.165) is 12.1 Å². The molecule has 7 atom stereocenters. The van der Waals surface area contributed by atoms with Crippen molar-refractivity contribution in [3.8, 4) is 0 Å². The van der Waals surface area contributed by atoms with Crippen LogP contribution in [0.15, 0.2) is 17.5 Å². The Labute approximate surface area is 182 Å². The molecule has 0 unspecified atom stereocenters. The molecule has 0 saturated heterocycles. The lowest BCUT2D eigenvalue weighted by atomic mass is 9.47. The fraction of sp³-hybridized carbons (Fsp3) is 0.696. The van der Waals surface area contributed by atoms with Crippen LogP contribution in [0, 0.1) is 28.6 Å². The molecule has 162 valence electrons. The van der Waals surface area contributed by atoms with E-state index in [-0.39, 0.29) is 16.7 Å². The van der Waals surface area contributed by atoms with Crippen molar-refractivity contribution in [1.29, 1.82) is 0 Å². The van der Waals surface area contributed by atoms with Gasteiger partial charge in [0.05, 0.1) is 5.69 Å². The molecule has 1 aromatic rings. The molecule has 30 heavy (non-hydrogen) atoms. The normalized spacial score (nSPS) is 42.4. The molecule has 1 aliphatic heterocycles. The largest absolute Gasteiger partial charge is 0.351 e. The first-order chi connectivity index (χ1) is 14.2. The molecule has 3 saturated carbocycles. The van der Waals surface area contributed by atoms with Crippen molar-refractivity contribution in [3.63, 3.8) is 0 Å². The number of likely N-dealkylation sites (N-methyl/N-ethyl adjacent to an activating group) is 1. The van der Waals surface area contributed by atoms with Gasteiger partial charge in [0.2, 0.25) is 5.91 Å². The maximum absolute atomic E-state index is 12.3. The molecule has 0 bridgehead atoms. The van der Waals surface area contributed by atoms with Crippen molar-refractivity contribution in [2.75, 3.05) is 12.4 Å². The summed E-state index contributed by atoms with van der Waals surface area (Å²) in [6.45, 7) is 4.87. The summed E-state index contributed by atoms with van der Waals surface area (Å²) in [6, 6.07) is -0.223. The minimum absolute atomic E-state index is 0.0875. The quantitative estimate of drug-likeness (QED) is 0.734. The number of nitrogens with two attached hydrogens (primary N) is 1. The van der Waals surface area contributed by atoms with Crippen molar-refractivity contribution in [3.05, 3.63) is 23.2 Å². The number of aromatic nitrogens is 1. The van der Waals surface area contributed by atoms with Crippen molar-refractivity contribution < 1.29 is 9.59 Å². The van der Waals surface area contributed by atoms with Gasteiger partial charge < -0.3 is 10.6 Å². The van der Waals surface area contributed by atoms with Crippen LogP contribution in [0.4, 0.5) is 9.93 Å². The van der Waals surface area contributed by atoms with Crippen LogP contribution in [0.2, 0.25) is 0 Å². The van der Waals surface area contributed by atoms with Crippen LogP contribution in [-0.4, -0.2) is 34.9 Å². The van der Waals surface area contributed by atoms with Gasteiger partial charge in [-0.15, -0.1) is 11.3 Å². The Hall–Kier alpha value is -1.89. The monoisotopic (exact) mass is 428 g/mol. The molecule has 6 nitrogen and oxygen atoms in total. The lowest BCUT2D eigenvalue weighted by molar-refractivity contribution is -0.138. The highest BCUT2D eigenvalue weighted by molar-refractivity contribution is 7.13. The number of rotatable bonds is 2. The molecule has 0 spiro atoms. The van der Waals surface area contributed by atoms with Gasteiger partial charge in [0.1, 0.15) is 0 Å². The molecule has 3 fully saturated rings. The molecule has 5 rings (SSSR count). The highest BCUT2D eigenvalue weighted by Gasteiger charge is 2.60. The first-order valence-corrected chi connectivity index (χ1v) is 12.1. The zero-order valence-corrected chi connectivity index (χ0v) is 18.9. The van der Waals surface area contributed by atoms with Crippen molar-refractivity contribution in [1.82, 2.24) is 9.88 Å². The topological polar surface area (TPSA) is 88.3 Å². The Morgan fingerprint density at radius 2 is 2.03 bits per heavy atom. The second-order valence-corrected chi connectivity index (χ2v) is 11.2. The van der Waals surface area contributed by atoms with Gasteiger partial charge in [-0.25, -0.2) is 9.78 Å². The van der Waals surface area contributed by atoms with E-state index in [9.17, 15) is 9.59 Å². The Morgan fingerprint density at radius 3 is 2.80 bits per heavy atom. The first kappa shape index (κ1) is 20.0. The van der Waals surface area contributed by atoms with E-state index in [1.54, 1.807) is 0 Å². The average Bonchev–Trinajstić information content (AvgIpc) is 3.28. The third-order valence-electron chi connectivity index (χ3n) is 9.24. The molecule has 1 aromatic heterocycles. The molecule has 3 amide bonds. The number of carbonyl (C=O) groups is 2. The maximum atomic E-state index is 12.3. The molecular weight excluding hydrogens is 396 g/mol. The van der Waals surface area contributed by atoms with Gasteiger partial charge in [-0.05, 0) is 67.8 Å². The van der Waals surface area contributed by atoms with Crippen LogP contribution in [0.25, 0.3) is 0 Å². The summed E-state index contributed by atoms with van der Waals surface area (Å²) in [5.41, 5.74) is 6.72. The van der Waals surface area contributed by atoms with E-state index >= 15 is 0 Å².